The lowest BCUT2D eigenvalue weighted by molar-refractivity contribution is -0.151. The summed E-state index contributed by atoms with van der Waals surface area (Å²) >= 11 is 1.46. The molecule has 7 heteroatoms. The van der Waals surface area contributed by atoms with Crippen LogP contribution in [-0.4, -0.2) is 47.4 Å². The van der Waals surface area contributed by atoms with Crippen LogP contribution in [0.2, 0.25) is 0 Å². The van der Waals surface area contributed by atoms with Gasteiger partial charge in [-0.2, -0.15) is 11.3 Å². The normalized spacial score (nSPS) is 20.4. The maximum Gasteiger partial charge on any atom is 0.311 e. The number of amides is 2. The van der Waals surface area contributed by atoms with E-state index >= 15 is 0 Å². The van der Waals surface area contributed by atoms with Gasteiger partial charge >= 0.3 is 5.97 Å². The summed E-state index contributed by atoms with van der Waals surface area (Å²) in [6.45, 7) is 4.98. The number of aliphatic carboxylic acids is 1. The summed E-state index contributed by atoms with van der Waals surface area (Å²) in [4.78, 5) is 37.3. The molecule has 1 aromatic heterocycles. The van der Waals surface area contributed by atoms with Gasteiger partial charge in [-0.25, -0.2) is 0 Å². The largest absolute Gasteiger partial charge is 0.481 e. The third-order valence-electron chi connectivity index (χ3n) is 4.82. The van der Waals surface area contributed by atoms with E-state index in [0.29, 0.717) is 37.9 Å². The first-order valence-corrected chi connectivity index (χ1v) is 9.12. The molecule has 132 valence electrons. The maximum absolute atomic E-state index is 12.3. The van der Waals surface area contributed by atoms with Gasteiger partial charge in [0.25, 0.3) is 5.91 Å². The molecule has 0 aromatic carbocycles. The molecule has 0 aliphatic carbocycles. The predicted octanol–water partition coefficient (Wildman–Crippen LogP) is 2.22. The fraction of sp³-hybridized carbons (Fsp3) is 0.588. The van der Waals surface area contributed by atoms with Crippen LogP contribution in [0.1, 0.15) is 43.5 Å². The van der Waals surface area contributed by atoms with Gasteiger partial charge in [-0.3, -0.25) is 14.4 Å². The highest BCUT2D eigenvalue weighted by molar-refractivity contribution is 7.08. The average Bonchev–Trinajstić information content (AvgIpc) is 3.20. The average molecular weight is 352 g/mol. The number of hydrogen-bond donors (Lipinski definition) is 2. The second-order valence-electron chi connectivity index (χ2n) is 6.55. The second-order valence-corrected chi connectivity index (χ2v) is 7.33. The molecular weight excluding hydrogens is 328 g/mol. The van der Waals surface area contributed by atoms with Crippen molar-refractivity contribution in [3.8, 4) is 0 Å². The predicted molar refractivity (Wildman–Crippen MR) is 92.0 cm³/mol. The Morgan fingerprint density at radius 1 is 1.42 bits per heavy atom. The smallest absolute Gasteiger partial charge is 0.311 e. The monoisotopic (exact) mass is 352 g/mol. The van der Waals surface area contributed by atoms with Gasteiger partial charge < -0.3 is 15.3 Å². The Hall–Kier alpha value is -1.89. The molecule has 1 aromatic rings. The summed E-state index contributed by atoms with van der Waals surface area (Å²) < 4.78 is 0. The second kappa shape index (κ2) is 7.79. The molecule has 0 bridgehead atoms. The van der Waals surface area contributed by atoms with Crippen molar-refractivity contribution in [1.29, 1.82) is 0 Å². The van der Waals surface area contributed by atoms with Crippen LogP contribution in [-0.2, 0) is 9.59 Å². The highest BCUT2D eigenvalue weighted by Gasteiger charge is 2.48. The van der Waals surface area contributed by atoms with Crippen LogP contribution in [0.15, 0.2) is 16.8 Å². The van der Waals surface area contributed by atoms with Gasteiger partial charge in [0.05, 0.1) is 5.41 Å². The number of carbonyl (C=O) groups excluding carboxylic acids is 2. The molecule has 1 fully saturated rings. The maximum atomic E-state index is 12.3. The Kier molecular flexibility index (Phi) is 5.99. The Bertz CT molecular complexity index is 600. The zero-order valence-electron chi connectivity index (χ0n) is 14.1. The summed E-state index contributed by atoms with van der Waals surface area (Å²) in [7, 11) is 0. The minimum atomic E-state index is -0.831. The molecule has 1 unspecified atom stereocenters. The van der Waals surface area contributed by atoms with Gasteiger partial charge in [0.1, 0.15) is 0 Å². The fourth-order valence-corrected chi connectivity index (χ4v) is 3.67. The number of nitrogens with zero attached hydrogens (tertiary/aromatic N) is 1. The Labute approximate surface area is 145 Å². The van der Waals surface area contributed by atoms with Crippen LogP contribution in [0.5, 0.6) is 0 Å². The molecule has 0 spiro atoms. The van der Waals surface area contributed by atoms with E-state index in [2.05, 4.69) is 5.32 Å². The van der Waals surface area contributed by atoms with E-state index in [1.54, 1.807) is 16.3 Å². The molecule has 24 heavy (non-hydrogen) atoms. The number of rotatable bonds is 7. The van der Waals surface area contributed by atoms with E-state index in [9.17, 15) is 19.5 Å². The first-order chi connectivity index (χ1) is 11.4. The minimum Gasteiger partial charge on any atom is -0.481 e. The molecule has 1 saturated heterocycles. The molecule has 2 rings (SSSR count). The van der Waals surface area contributed by atoms with Crippen molar-refractivity contribution in [1.82, 2.24) is 10.2 Å². The van der Waals surface area contributed by atoms with Gasteiger partial charge in [-0.15, -0.1) is 0 Å². The summed E-state index contributed by atoms with van der Waals surface area (Å²) in [6.07, 6.45) is 1.37. The summed E-state index contributed by atoms with van der Waals surface area (Å²) in [6, 6.07) is 1.76. The van der Waals surface area contributed by atoms with Crippen molar-refractivity contribution in [2.75, 3.05) is 19.6 Å². The summed E-state index contributed by atoms with van der Waals surface area (Å²) in [5, 5.41) is 15.9. The highest BCUT2D eigenvalue weighted by Crippen LogP contribution is 2.38. The molecule has 0 radical (unpaired) electrons. The number of carbonyl (C=O) groups is 3. The van der Waals surface area contributed by atoms with Crippen molar-refractivity contribution in [3.05, 3.63) is 22.4 Å². The van der Waals surface area contributed by atoms with E-state index in [1.807, 2.05) is 19.2 Å². The molecule has 1 atom stereocenters. The summed E-state index contributed by atoms with van der Waals surface area (Å²) in [5.41, 5.74) is -0.197. The number of hydrogen-bond acceptors (Lipinski definition) is 4. The third-order valence-corrected chi connectivity index (χ3v) is 5.50. The third kappa shape index (κ3) is 3.95. The Balaban J connectivity index is 1.75. The zero-order valence-corrected chi connectivity index (χ0v) is 14.9. The number of nitrogens with one attached hydrogen (secondary N) is 1. The van der Waals surface area contributed by atoms with Gasteiger partial charge in [0, 0.05) is 37.0 Å². The minimum absolute atomic E-state index is 0.0160. The topological polar surface area (TPSA) is 86.7 Å². The number of carboxylic acids is 1. The van der Waals surface area contributed by atoms with E-state index in [1.165, 1.54) is 11.3 Å². The lowest BCUT2D eigenvalue weighted by Gasteiger charge is -2.28. The van der Waals surface area contributed by atoms with Crippen molar-refractivity contribution in [2.24, 2.45) is 11.3 Å². The zero-order chi connectivity index (χ0) is 17.7. The number of carboxylic acid groups (broad SMARTS) is 1. The van der Waals surface area contributed by atoms with Gasteiger partial charge in [0.15, 0.2) is 0 Å². The number of likely N-dealkylation sites (tertiary alicyclic amines) is 1. The fourth-order valence-electron chi connectivity index (χ4n) is 3.03. The molecule has 2 amide bonds. The molecule has 1 aliphatic heterocycles. The van der Waals surface area contributed by atoms with Crippen LogP contribution in [0.3, 0.4) is 0 Å². The van der Waals surface area contributed by atoms with Crippen LogP contribution < -0.4 is 5.32 Å². The molecule has 0 saturated carbocycles. The molecule has 2 N–H and O–H groups in total. The molecule has 6 nitrogen and oxygen atoms in total. The van der Waals surface area contributed by atoms with Gasteiger partial charge in [-0.05, 0) is 30.2 Å². The van der Waals surface area contributed by atoms with Crippen molar-refractivity contribution in [3.63, 3.8) is 0 Å². The van der Waals surface area contributed by atoms with Gasteiger partial charge in [0.2, 0.25) is 5.91 Å². The lowest BCUT2D eigenvalue weighted by Crippen LogP contribution is -2.40. The van der Waals surface area contributed by atoms with E-state index in [-0.39, 0.29) is 24.3 Å². The van der Waals surface area contributed by atoms with Gasteiger partial charge in [-0.1, -0.05) is 13.8 Å². The Morgan fingerprint density at radius 2 is 2.17 bits per heavy atom. The Morgan fingerprint density at radius 3 is 2.71 bits per heavy atom. The lowest BCUT2D eigenvalue weighted by atomic mass is 9.76. The molecular formula is C17H24N2O4S. The van der Waals surface area contributed by atoms with Crippen LogP contribution in [0.25, 0.3) is 0 Å². The molecule has 2 heterocycles. The first kappa shape index (κ1) is 18.4. The van der Waals surface area contributed by atoms with E-state index < -0.39 is 11.4 Å². The van der Waals surface area contributed by atoms with E-state index in [4.69, 9.17) is 0 Å². The highest BCUT2D eigenvalue weighted by atomic mass is 32.1. The van der Waals surface area contributed by atoms with E-state index in [0.717, 1.165) is 0 Å². The van der Waals surface area contributed by atoms with Crippen molar-refractivity contribution < 1.29 is 19.5 Å². The van der Waals surface area contributed by atoms with Crippen LogP contribution in [0.4, 0.5) is 0 Å². The van der Waals surface area contributed by atoms with Crippen LogP contribution >= 0.6 is 11.3 Å². The standard InChI is InChI=1S/C17H24N2O4S/c1-12(2)17(16(22)23)6-8-19(11-17)14(20)4-3-7-18-15(21)13-5-9-24-10-13/h5,9-10,12H,3-4,6-8,11H2,1-2H3,(H,18,21)(H,22,23). The number of thiophene rings is 1. The SMILES string of the molecule is CC(C)C1(C(=O)O)CCN(C(=O)CCCNC(=O)c2ccsc2)C1. The molecule has 1 aliphatic rings. The van der Waals surface area contributed by atoms with Crippen molar-refractivity contribution >= 4 is 29.1 Å². The summed E-state index contributed by atoms with van der Waals surface area (Å²) in [5.74, 6) is -1.01. The van der Waals surface area contributed by atoms with Crippen molar-refractivity contribution in [2.45, 2.75) is 33.1 Å². The quantitative estimate of drug-likeness (QED) is 0.737. The van der Waals surface area contributed by atoms with Crippen LogP contribution in [0, 0.1) is 11.3 Å². The first-order valence-electron chi connectivity index (χ1n) is 8.18.